The lowest BCUT2D eigenvalue weighted by Gasteiger charge is -2.27. The van der Waals surface area contributed by atoms with Gasteiger partial charge in [0.25, 0.3) is 0 Å². The Hall–Kier alpha value is 0.827. The van der Waals surface area contributed by atoms with Crippen LogP contribution in [-0.2, 0) is 0 Å². The molecule has 0 fully saturated rings. The summed E-state index contributed by atoms with van der Waals surface area (Å²) in [6.45, 7) is 2.06. The molecule has 4 heteroatoms. The van der Waals surface area contributed by atoms with E-state index in [0.717, 1.165) is 0 Å². The van der Waals surface area contributed by atoms with Gasteiger partial charge in [-0.25, -0.2) is 0 Å². The second-order valence-corrected chi connectivity index (χ2v) is 12.5. The fourth-order valence-corrected chi connectivity index (χ4v) is 3.72. The van der Waals surface area contributed by atoms with Crippen LogP contribution < -0.4 is 0 Å². The Labute approximate surface area is 89.0 Å². The van der Waals surface area contributed by atoms with E-state index in [2.05, 4.69) is 19.1 Å². The summed E-state index contributed by atoms with van der Waals surface area (Å²) in [6.07, 6.45) is 8.02. The first kappa shape index (κ1) is 10.9. The molecule has 1 aliphatic rings. The molecule has 12 heavy (non-hydrogen) atoms. The zero-order chi connectivity index (χ0) is 9.19. The van der Waals surface area contributed by atoms with Gasteiger partial charge in [0.15, 0.2) is 0 Å². The highest BCUT2D eigenvalue weighted by Gasteiger charge is 2.37. The molecule has 0 nitrogen and oxygen atoms in total. The minimum Gasteiger partial charge on any atom is -0.126 e. The molecule has 0 aliphatic heterocycles. The van der Waals surface area contributed by atoms with Crippen molar-refractivity contribution in [3.8, 4) is 0 Å². The van der Waals surface area contributed by atoms with Crippen molar-refractivity contribution in [3.63, 3.8) is 0 Å². The quantitative estimate of drug-likeness (QED) is 0.383. The number of rotatable bonds is 2. The Kier molecular flexibility index (Phi) is 3.96. The van der Waals surface area contributed by atoms with Crippen LogP contribution in [0.15, 0.2) is 12.2 Å². The molecule has 70 valence electrons. The van der Waals surface area contributed by atoms with Gasteiger partial charge in [0.05, 0.1) is 0 Å². The Morgan fingerprint density at radius 2 is 2.08 bits per heavy atom. The Bertz CT molecular complexity index is 174. The van der Waals surface area contributed by atoms with Gasteiger partial charge in [0, 0.05) is 0 Å². The minimum absolute atomic E-state index is 0.249. The summed E-state index contributed by atoms with van der Waals surface area (Å²) in [4.78, 5) is 0. The summed E-state index contributed by atoms with van der Waals surface area (Å²) in [7, 11) is 0. The predicted molar refractivity (Wildman–Crippen MR) is 59.2 cm³/mol. The molecule has 0 saturated heterocycles. The monoisotopic (exact) mass is 242 g/mol. The molecule has 0 saturated carbocycles. The Morgan fingerprint density at radius 3 is 2.50 bits per heavy atom. The molecule has 0 spiro atoms. The third kappa shape index (κ3) is 2.95. The zero-order valence-corrected chi connectivity index (χ0v) is 10.3. The number of halogens is 3. The zero-order valence-electron chi connectivity index (χ0n) is 7.06. The summed E-state index contributed by atoms with van der Waals surface area (Å²) < 4.78 is 0. The first-order valence-electron chi connectivity index (χ1n) is 4.25. The van der Waals surface area contributed by atoms with Gasteiger partial charge in [0.2, 0.25) is 0 Å². The van der Waals surface area contributed by atoms with E-state index in [1.165, 1.54) is 19.3 Å². The molecule has 0 bridgehead atoms. The largest absolute Gasteiger partial charge is 0.344 e. The smallest absolute Gasteiger partial charge is 0.126 e. The molecular formula is C8H13Cl3Si. The Balaban J connectivity index is 2.57. The van der Waals surface area contributed by atoms with Crippen LogP contribution in [0.4, 0.5) is 0 Å². The third-order valence-corrected chi connectivity index (χ3v) is 7.01. The molecule has 0 amide bonds. The minimum atomic E-state index is -2.48. The molecule has 1 aliphatic carbocycles. The van der Waals surface area contributed by atoms with Crippen molar-refractivity contribution in [2.45, 2.75) is 31.7 Å². The van der Waals surface area contributed by atoms with Gasteiger partial charge in [-0.05, 0) is 30.7 Å². The van der Waals surface area contributed by atoms with E-state index in [-0.39, 0.29) is 5.54 Å². The van der Waals surface area contributed by atoms with E-state index in [9.17, 15) is 0 Å². The lowest BCUT2D eigenvalue weighted by atomic mass is 9.93. The fourth-order valence-electron chi connectivity index (χ4n) is 1.50. The van der Waals surface area contributed by atoms with Crippen molar-refractivity contribution in [2.24, 2.45) is 5.92 Å². The van der Waals surface area contributed by atoms with Crippen LogP contribution in [-0.4, -0.2) is 6.00 Å². The lowest BCUT2D eigenvalue weighted by molar-refractivity contribution is 0.523. The van der Waals surface area contributed by atoms with Gasteiger partial charge >= 0.3 is 6.00 Å². The fraction of sp³-hybridized carbons (Fsp3) is 0.750. The topological polar surface area (TPSA) is 0 Å². The van der Waals surface area contributed by atoms with E-state index in [0.29, 0.717) is 5.92 Å². The van der Waals surface area contributed by atoms with Crippen LogP contribution in [0.3, 0.4) is 0 Å². The van der Waals surface area contributed by atoms with Crippen molar-refractivity contribution in [3.05, 3.63) is 12.2 Å². The molecule has 0 N–H and O–H groups in total. The highest BCUT2D eigenvalue weighted by molar-refractivity contribution is 7.65. The predicted octanol–water partition coefficient (Wildman–Crippen LogP) is 4.39. The van der Waals surface area contributed by atoms with Gasteiger partial charge in [-0.2, -0.15) is 0 Å². The van der Waals surface area contributed by atoms with E-state index in [4.69, 9.17) is 33.2 Å². The first-order chi connectivity index (χ1) is 5.52. The molecule has 2 unspecified atom stereocenters. The van der Waals surface area contributed by atoms with E-state index in [1.807, 2.05) is 0 Å². The average molecular weight is 244 g/mol. The molecule has 0 heterocycles. The molecular weight excluding hydrogens is 231 g/mol. The maximum Gasteiger partial charge on any atom is 0.344 e. The summed E-state index contributed by atoms with van der Waals surface area (Å²) in [5.41, 5.74) is 0.249. The maximum atomic E-state index is 5.95. The second-order valence-electron chi connectivity index (χ2n) is 3.35. The van der Waals surface area contributed by atoms with Crippen molar-refractivity contribution in [2.75, 3.05) is 0 Å². The molecule has 0 aromatic heterocycles. The number of hydrogen-bond donors (Lipinski definition) is 0. The van der Waals surface area contributed by atoms with Crippen LogP contribution in [0, 0.1) is 5.92 Å². The van der Waals surface area contributed by atoms with Crippen LogP contribution >= 0.6 is 33.2 Å². The lowest BCUT2D eigenvalue weighted by Crippen LogP contribution is -2.24. The molecule has 0 aromatic carbocycles. The van der Waals surface area contributed by atoms with Crippen LogP contribution in [0.1, 0.15) is 26.2 Å². The van der Waals surface area contributed by atoms with Crippen molar-refractivity contribution in [1.29, 1.82) is 0 Å². The van der Waals surface area contributed by atoms with Gasteiger partial charge in [-0.1, -0.05) is 19.1 Å². The SMILES string of the molecule is CC(C1C=CCCC1)[Si](Cl)(Cl)Cl. The van der Waals surface area contributed by atoms with Crippen molar-refractivity contribution >= 4 is 39.2 Å². The molecule has 0 radical (unpaired) electrons. The summed E-state index contributed by atoms with van der Waals surface area (Å²) in [6, 6.07) is -2.48. The summed E-state index contributed by atoms with van der Waals surface area (Å²) in [5, 5.41) is 0. The van der Waals surface area contributed by atoms with Crippen molar-refractivity contribution in [1.82, 2.24) is 0 Å². The van der Waals surface area contributed by atoms with Crippen LogP contribution in [0.25, 0.3) is 0 Å². The van der Waals surface area contributed by atoms with E-state index >= 15 is 0 Å². The molecule has 1 rings (SSSR count). The average Bonchev–Trinajstić information content (AvgIpc) is 2.03. The summed E-state index contributed by atoms with van der Waals surface area (Å²) >= 11 is 17.9. The number of allylic oxidation sites excluding steroid dienone is 2. The van der Waals surface area contributed by atoms with Gasteiger partial charge in [0.1, 0.15) is 0 Å². The van der Waals surface area contributed by atoms with Gasteiger partial charge in [-0.3, -0.25) is 0 Å². The van der Waals surface area contributed by atoms with Crippen molar-refractivity contribution < 1.29 is 0 Å². The van der Waals surface area contributed by atoms with Crippen LogP contribution in [0.5, 0.6) is 0 Å². The standard InChI is InChI=1S/C8H13Cl3Si/c1-7(12(9,10)11)8-5-3-2-4-6-8/h3,5,7-8H,2,4,6H2,1H3. The highest BCUT2D eigenvalue weighted by atomic mass is 35.8. The van der Waals surface area contributed by atoms with Crippen LogP contribution in [0.2, 0.25) is 5.54 Å². The second kappa shape index (κ2) is 4.36. The first-order valence-corrected chi connectivity index (χ1v) is 9.36. The third-order valence-electron chi connectivity index (χ3n) is 2.45. The molecule has 0 aromatic rings. The maximum absolute atomic E-state index is 5.95. The number of hydrogen-bond acceptors (Lipinski definition) is 0. The van der Waals surface area contributed by atoms with E-state index < -0.39 is 6.00 Å². The van der Waals surface area contributed by atoms with Gasteiger partial charge < -0.3 is 0 Å². The van der Waals surface area contributed by atoms with Gasteiger partial charge in [-0.15, -0.1) is 33.2 Å². The molecule has 2 atom stereocenters. The van der Waals surface area contributed by atoms with E-state index in [1.54, 1.807) is 0 Å². The highest BCUT2D eigenvalue weighted by Crippen LogP contribution is 2.42. The Morgan fingerprint density at radius 1 is 1.42 bits per heavy atom. The normalized spacial score (nSPS) is 27.2. The summed E-state index contributed by atoms with van der Waals surface area (Å²) in [5.74, 6) is 0.498.